The van der Waals surface area contributed by atoms with E-state index in [9.17, 15) is 9.90 Å². The van der Waals surface area contributed by atoms with E-state index in [0.717, 1.165) is 34.6 Å². The number of rotatable bonds is 2. The molecule has 5 nitrogen and oxygen atoms in total. The maximum atomic E-state index is 13.1. The van der Waals surface area contributed by atoms with Crippen molar-refractivity contribution >= 4 is 5.91 Å². The SMILES string of the molecule is O=C(c1cccc(-c2ccc3c(c2)OCCO3)c1)N1CCc2ccc(O)cc2C1. The molecular formula is C24H21NO4. The first-order valence-corrected chi connectivity index (χ1v) is 9.77. The Morgan fingerprint density at radius 1 is 0.862 bits per heavy atom. The largest absolute Gasteiger partial charge is 0.508 e. The minimum atomic E-state index is -0.00149. The van der Waals surface area contributed by atoms with Crippen LogP contribution in [-0.4, -0.2) is 35.7 Å². The molecule has 0 spiro atoms. The molecule has 1 amide bonds. The fourth-order valence-electron chi connectivity index (χ4n) is 3.95. The fourth-order valence-corrected chi connectivity index (χ4v) is 3.95. The van der Waals surface area contributed by atoms with Gasteiger partial charge in [-0.2, -0.15) is 0 Å². The summed E-state index contributed by atoms with van der Waals surface area (Å²) in [5, 5.41) is 9.75. The van der Waals surface area contributed by atoms with E-state index >= 15 is 0 Å². The lowest BCUT2D eigenvalue weighted by atomic mass is 9.98. The van der Waals surface area contributed by atoms with Gasteiger partial charge in [-0.05, 0) is 65.1 Å². The van der Waals surface area contributed by atoms with Crippen LogP contribution in [0, 0.1) is 0 Å². The van der Waals surface area contributed by atoms with Crippen LogP contribution >= 0.6 is 0 Å². The van der Waals surface area contributed by atoms with E-state index in [1.54, 1.807) is 12.1 Å². The van der Waals surface area contributed by atoms with Crippen molar-refractivity contribution in [2.24, 2.45) is 0 Å². The number of ether oxygens (including phenoxy) is 2. The molecule has 2 aliphatic rings. The highest BCUT2D eigenvalue weighted by atomic mass is 16.6. The molecule has 0 aromatic heterocycles. The number of carbonyl (C=O) groups excluding carboxylic acids is 1. The minimum Gasteiger partial charge on any atom is -0.508 e. The summed E-state index contributed by atoms with van der Waals surface area (Å²) in [6.07, 6.45) is 0.795. The molecule has 2 aliphatic heterocycles. The highest BCUT2D eigenvalue weighted by Crippen LogP contribution is 2.35. The third-order valence-corrected chi connectivity index (χ3v) is 5.47. The van der Waals surface area contributed by atoms with Gasteiger partial charge >= 0.3 is 0 Å². The minimum absolute atomic E-state index is 0.00149. The van der Waals surface area contributed by atoms with Crippen LogP contribution in [0.3, 0.4) is 0 Å². The second kappa shape index (κ2) is 7.17. The van der Waals surface area contributed by atoms with Crippen LogP contribution in [0.15, 0.2) is 60.7 Å². The molecule has 3 aromatic carbocycles. The molecule has 29 heavy (non-hydrogen) atoms. The molecular weight excluding hydrogens is 366 g/mol. The van der Waals surface area contributed by atoms with Crippen molar-refractivity contribution in [3.8, 4) is 28.4 Å². The van der Waals surface area contributed by atoms with Crippen molar-refractivity contribution in [2.75, 3.05) is 19.8 Å². The van der Waals surface area contributed by atoms with E-state index in [0.29, 0.717) is 31.9 Å². The number of fused-ring (bicyclic) bond motifs is 2. The van der Waals surface area contributed by atoms with Crippen molar-refractivity contribution < 1.29 is 19.4 Å². The van der Waals surface area contributed by atoms with Crippen molar-refractivity contribution in [3.63, 3.8) is 0 Å². The van der Waals surface area contributed by atoms with E-state index in [4.69, 9.17) is 9.47 Å². The Hall–Kier alpha value is -3.47. The summed E-state index contributed by atoms with van der Waals surface area (Å²) >= 11 is 0. The summed E-state index contributed by atoms with van der Waals surface area (Å²) in [7, 11) is 0. The molecule has 0 unspecified atom stereocenters. The molecule has 0 aliphatic carbocycles. The predicted molar refractivity (Wildman–Crippen MR) is 109 cm³/mol. The number of phenols is 1. The Morgan fingerprint density at radius 2 is 1.69 bits per heavy atom. The first-order valence-electron chi connectivity index (χ1n) is 9.77. The number of phenolic OH excluding ortho intramolecular Hbond substituents is 1. The molecule has 1 N–H and O–H groups in total. The number of aromatic hydroxyl groups is 1. The number of nitrogens with zero attached hydrogens (tertiary/aromatic N) is 1. The smallest absolute Gasteiger partial charge is 0.254 e. The lowest BCUT2D eigenvalue weighted by molar-refractivity contribution is 0.0734. The van der Waals surface area contributed by atoms with Crippen molar-refractivity contribution in [1.82, 2.24) is 4.90 Å². The van der Waals surface area contributed by atoms with Crippen LogP contribution in [0.25, 0.3) is 11.1 Å². The average molecular weight is 387 g/mol. The molecule has 5 rings (SSSR count). The van der Waals surface area contributed by atoms with Gasteiger partial charge in [0.25, 0.3) is 5.91 Å². The molecule has 2 heterocycles. The Kier molecular flexibility index (Phi) is 4.35. The van der Waals surface area contributed by atoms with Crippen molar-refractivity contribution in [2.45, 2.75) is 13.0 Å². The number of hydrogen-bond acceptors (Lipinski definition) is 4. The Balaban J connectivity index is 1.40. The monoisotopic (exact) mass is 387 g/mol. The zero-order valence-corrected chi connectivity index (χ0v) is 15.9. The van der Waals surface area contributed by atoms with Crippen LogP contribution in [0.4, 0.5) is 0 Å². The Labute approximate surface area is 169 Å². The van der Waals surface area contributed by atoms with Gasteiger partial charge in [0.05, 0.1) is 0 Å². The summed E-state index contributed by atoms with van der Waals surface area (Å²) < 4.78 is 11.3. The van der Waals surface area contributed by atoms with Gasteiger partial charge in [0.1, 0.15) is 19.0 Å². The van der Waals surface area contributed by atoms with Crippen LogP contribution in [0.2, 0.25) is 0 Å². The van der Waals surface area contributed by atoms with E-state index in [1.807, 2.05) is 53.4 Å². The summed E-state index contributed by atoms with van der Waals surface area (Å²) in [6.45, 7) is 2.29. The van der Waals surface area contributed by atoms with Gasteiger partial charge in [-0.3, -0.25) is 4.79 Å². The third-order valence-electron chi connectivity index (χ3n) is 5.47. The maximum absolute atomic E-state index is 13.1. The molecule has 0 saturated heterocycles. The van der Waals surface area contributed by atoms with Gasteiger partial charge < -0.3 is 19.5 Å². The number of amides is 1. The highest BCUT2D eigenvalue weighted by molar-refractivity contribution is 5.95. The third kappa shape index (κ3) is 3.40. The zero-order chi connectivity index (χ0) is 19.8. The van der Waals surface area contributed by atoms with Crippen molar-refractivity contribution in [3.05, 3.63) is 77.4 Å². The quantitative estimate of drug-likeness (QED) is 0.721. The Morgan fingerprint density at radius 3 is 2.59 bits per heavy atom. The molecule has 5 heteroatoms. The van der Waals surface area contributed by atoms with E-state index in [1.165, 1.54) is 5.56 Å². The van der Waals surface area contributed by atoms with Crippen LogP contribution in [0.1, 0.15) is 21.5 Å². The zero-order valence-electron chi connectivity index (χ0n) is 15.9. The topological polar surface area (TPSA) is 59.0 Å². The molecule has 0 bridgehead atoms. The normalized spacial score (nSPS) is 15.0. The second-order valence-electron chi connectivity index (χ2n) is 7.37. The van der Waals surface area contributed by atoms with Gasteiger partial charge in [-0.15, -0.1) is 0 Å². The lowest BCUT2D eigenvalue weighted by Crippen LogP contribution is -2.35. The first kappa shape index (κ1) is 17.6. The summed E-state index contributed by atoms with van der Waals surface area (Å²) in [4.78, 5) is 15.0. The predicted octanol–water partition coefficient (Wildman–Crippen LogP) is 4.03. The van der Waals surface area contributed by atoms with E-state index in [-0.39, 0.29) is 11.7 Å². The molecule has 146 valence electrons. The van der Waals surface area contributed by atoms with E-state index in [2.05, 4.69) is 0 Å². The molecule has 0 atom stereocenters. The molecule has 3 aromatic rings. The molecule has 0 fully saturated rings. The number of carbonyl (C=O) groups is 1. The van der Waals surface area contributed by atoms with Gasteiger partial charge in [-0.25, -0.2) is 0 Å². The maximum Gasteiger partial charge on any atom is 0.254 e. The average Bonchev–Trinajstić information content (AvgIpc) is 2.78. The lowest BCUT2D eigenvalue weighted by Gasteiger charge is -2.29. The van der Waals surface area contributed by atoms with Crippen LogP contribution in [-0.2, 0) is 13.0 Å². The van der Waals surface area contributed by atoms with Gasteiger partial charge in [0.15, 0.2) is 11.5 Å². The number of hydrogen-bond donors (Lipinski definition) is 1. The van der Waals surface area contributed by atoms with Gasteiger partial charge in [-0.1, -0.05) is 24.3 Å². The first-order chi connectivity index (χ1) is 14.2. The standard InChI is InChI=1S/C24H21NO4/c26-21-6-4-16-8-9-25(15-20(16)13-21)24(27)19-3-1-2-17(12-19)18-5-7-22-23(14-18)29-11-10-28-22/h1-7,12-14,26H,8-11,15H2. The Bertz CT molecular complexity index is 1090. The van der Waals surface area contributed by atoms with Gasteiger partial charge in [0.2, 0.25) is 0 Å². The van der Waals surface area contributed by atoms with Gasteiger partial charge in [0, 0.05) is 18.7 Å². The van der Waals surface area contributed by atoms with E-state index < -0.39 is 0 Å². The van der Waals surface area contributed by atoms with Crippen molar-refractivity contribution in [1.29, 1.82) is 0 Å². The molecule has 0 radical (unpaired) electrons. The fraction of sp³-hybridized carbons (Fsp3) is 0.208. The summed E-state index contributed by atoms with van der Waals surface area (Å²) in [6, 6.07) is 18.9. The number of benzene rings is 3. The van der Waals surface area contributed by atoms with Crippen LogP contribution < -0.4 is 9.47 Å². The molecule has 0 saturated carbocycles. The summed E-state index contributed by atoms with van der Waals surface area (Å²) in [5.41, 5.74) is 4.80. The second-order valence-corrected chi connectivity index (χ2v) is 7.37. The summed E-state index contributed by atoms with van der Waals surface area (Å²) in [5.74, 6) is 1.72. The highest BCUT2D eigenvalue weighted by Gasteiger charge is 2.22. The van der Waals surface area contributed by atoms with Crippen LogP contribution in [0.5, 0.6) is 17.2 Å².